The van der Waals surface area contributed by atoms with Crippen LogP contribution < -0.4 is 5.01 Å². The van der Waals surface area contributed by atoms with Crippen molar-refractivity contribution in [2.24, 2.45) is 5.10 Å². The van der Waals surface area contributed by atoms with E-state index in [1.165, 1.54) is 48.5 Å². The van der Waals surface area contributed by atoms with Gasteiger partial charge in [-0.2, -0.15) is 31.4 Å². The van der Waals surface area contributed by atoms with E-state index < -0.39 is 47.8 Å². The van der Waals surface area contributed by atoms with Crippen LogP contribution in [0.5, 0.6) is 0 Å². The molecule has 12 heteroatoms. The average molecular weight is 535 g/mol. The first-order valence-corrected chi connectivity index (χ1v) is 10.6. The molecular weight excluding hydrogens is 520 g/mol. The second-order valence-electron chi connectivity index (χ2n) is 8.01. The van der Waals surface area contributed by atoms with Crippen LogP contribution in [0.4, 0.5) is 40.8 Å². The molecule has 0 aromatic heterocycles. The van der Waals surface area contributed by atoms with Crippen molar-refractivity contribution in [1.82, 2.24) is 0 Å². The van der Waals surface area contributed by atoms with E-state index in [0.717, 1.165) is 23.2 Å². The van der Waals surface area contributed by atoms with Gasteiger partial charge in [0.2, 0.25) is 0 Å². The maximum Gasteiger partial charge on any atom is 0.431 e. The zero-order valence-electron chi connectivity index (χ0n) is 17.9. The molecule has 1 heterocycles. The van der Waals surface area contributed by atoms with Crippen LogP contribution in [0.3, 0.4) is 0 Å². The van der Waals surface area contributed by atoms with Crippen molar-refractivity contribution in [2.75, 3.05) is 5.01 Å². The lowest BCUT2D eigenvalue weighted by Gasteiger charge is -2.32. The molecule has 1 atom stereocenters. The third-order valence-corrected chi connectivity index (χ3v) is 6.10. The molecule has 190 valence electrons. The first-order chi connectivity index (χ1) is 16.7. The van der Waals surface area contributed by atoms with Crippen molar-refractivity contribution < 1.29 is 40.2 Å². The van der Waals surface area contributed by atoms with Gasteiger partial charge in [-0.25, -0.2) is 8.78 Å². The van der Waals surface area contributed by atoms with Gasteiger partial charge in [0.15, 0.2) is 0 Å². The zero-order valence-corrected chi connectivity index (χ0v) is 18.6. The lowest BCUT2D eigenvalue weighted by molar-refractivity contribution is -0.338. The second kappa shape index (κ2) is 9.04. The molecule has 1 N–H and O–H groups in total. The minimum absolute atomic E-state index is 0.0243. The van der Waals surface area contributed by atoms with E-state index in [-0.39, 0.29) is 21.8 Å². The van der Waals surface area contributed by atoms with Crippen LogP contribution in [0.1, 0.15) is 18.0 Å². The highest BCUT2D eigenvalue weighted by molar-refractivity contribution is 6.33. The first-order valence-electron chi connectivity index (χ1n) is 10.3. The summed E-state index contributed by atoms with van der Waals surface area (Å²) in [6, 6.07) is 12.5. The van der Waals surface area contributed by atoms with Crippen LogP contribution in [-0.2, 0) is 0 Å². The van der Waals surface area contributed by atoms with Crippen molar-refractivity contribution in [2.45, 2.75) is 30.4 Å². The molecule has 0 amide bonds. The van der Waals surface area contributed by atoms with E-state index >= 15 is 4.39 Å². The van der Waals surface area contributed by atoms with Crippen LogP contribution in [-0.4, -0.2) is 28.8 Å². The Morgan fingerprint density at radius 2 is 1.47 bits per heavy atom. The van der Waals surface area contributed by atoms with Gasteiger partial charge in [-0.3, -0.25) is 5.01 Å². The highest BCUT2D eigenvalue weighted by atomic mass is 35.5. The van der Waals surface area contributed by atoms with Gasteiger partial charge in [-0.1, -0.05) is 48.0 Å². The normalized spacial score (nSPS) is 16.9. The second-order valence-corrected chi connectivity index (χ2v) is 8.42. The number of nitrogens with zero attached hydrogens (tertiary/aromatic N) is 2. The number of halogens is 9. The van der Waals surface area contributed by atoms with Crippen molar-refractivity contribution in [3.63, 3.8) is 0 Å². The molecule has 0 aliphatic carbocycles. The van der Waals surface area contributed by atoms with Gasteiger partial charge in [0.25, 0.3) is 5.60 Å². The number of para-hydroxylation sites is 1. The molecule has 1 aliphatic heterocycles. The number of anilines is 1. The Morgan fingerprint density at radius 1 is 0.861 bits per heavy atom. The van der Waals surface area contributed by atoms with Gasteiger partial charge < -0.3 is 5.11 Å². The van der Waals surface area contributed by atoms with Crippen LogP contribution >= 0.6 is 11.6 Å². The monoisotopic (exact) mass is 534 g/mol. The number of hydrogen-bond acceptors (Lipinski definition) is 3. The summed E-state index contributed by atoms with van der Waals surface area (Å²) in [5.74, 6) is -1.41. The Hall–Kier alpha value is -3.18. The van der Waals surface area contributed by atoms with Crippen molar-refractivity contribution in [1.29, 1.82) is 0 Å². The van der Waals surface area contributed by atoms with E-state index in [1.54, 1.807) is 0 Å². The Balaban J connectivity index is 1.82. The predicted molar refractivity (Wildman–Crippen MR) is 118 cm³/mol. The summed E-state index contributed by atoms with van der Waals surface area (Å²) in [6.07, 6.45) is -13.3. The molecule has 3 nitrogen and oxygen atoms in total. The van der Waals surface area contributed by atoms with Crippen molar-refractivity contribution in [3.8, 4) is 11.1 Å². The molecule has 36 heavy (non-hydrogen) atoms. The van der Waals surface area contributed by atoms with Crippen LogP contribution in [0, 0.1) is 11.6 Å². The first kappa shape index (κ1) is 25.9. The number of aliphatic hydroxyl groups is 1. The minimum Gasteiger partial charge on any atom is -0.369 e. The standard InChI is InChI=1S/C24H15ClF8N2O/c25-17-3-1-2-4-19(17)35-20(12-21(34-35)22(36,23(28,29)30)24(31,32)33)14-7-10-16(18(27)11-14)13-5-8-15(26)9-6-13/h1-11,20,36H,12H2. The lowest BCUT2D eigenvalue weighted by Crippen LogP contribution is -2.62. The number of alkyl halides is 6. The smallest absolute Gasteiger partial charge is 0.369 e. The fourth-order valence-corrected chi connectivity index (χ4v) is 4.16. The SMILES string of the molecule is OC(C1=NN(c2ccccc2Cl)C(c2ccc(-c3ccc(F)cc3)c(F)c2)C1)(C(F)(F)F)C(F)(F)F. The Labute approximate surface area is 204 Å². The maximum absolute atomic E-state index is 15.0. The molecule has 0 bridgehead atoms. The number of rotatable bonds is 4. The Kier molecular flexibility index (Phi) is 6.50. The average Bonchev–Trinajstić information content (AvgIpc) is 3.23. The molecule has 1 aliphatic rings. The zero-order chi connectivity index (χ0) is 26.5. The summed E-state index contributed by atoms with van der Waals surface area (Å²) in [6.45, 7) is 0. The van der Waals surface area contributed by atoms with Gasteiger partial charge in [-0.05, 0) is 41.5 Å². The molecular formula is C24H15ClF8N2O. The summed E-state index contributed by atoms with van der Waals surface area (Å²) in [5, 5.41) is 14.2. The molecule has 0 radical (unpaired) electrons. The highest BCUT2D eigenvalue weighted by Crippen LogP contribution is 2.49. The molecule has 0 saturated heterocycles. The van der Waals surface area contributed by atoms with Gasteiger partial charge in [0.1, 0.15) is 11.6 Å². The van der Waals surface area contributed by atoms with E-state index in [1.807, 2.05) is 0 Å². The van der Waals surface area contributed by atoms with Gasteiger partial charge in [0, 0.05) is 12.0 Å². The molecule has 3 aromatic rings. The van der Waals surface area contributed by atoms with Gasteiger partial charge >= 0.3 is 12.4 Å². The summed E-state index contributed by atoms with van der Waals surface area (Å²) in [4.78, 5) is 0. The Morgan fingerprint density at radius 3 is 2.03 bits per heavy atom. The fraction of sp³-hybridized carbons (Fsp3) is 0.208. The molecule has 0 spiro atoms. The molecule has 1 unspecified atom stereocenters. The van der Waals surface area contributed by atoms with E-state index in [9.17, 15) is 35.8 Å². The fourth-order valence-electron chi connectivity index (χ4n) is 3.94. The summed E-state index contributed by atoms with van der Waals surface area (Å²) < 4.78 is 109. The lowest BCUT2D eigenvalue weighted by atomic mass is 9.89. The van der Waals surface area contributed by atoms with Gasteiger partial charge in [0.05, 0.1) is 22.5 Å². The van der Waals surface area contributed by atoms with E-state index in [2.05, 4.69) is 5.10 Å². The van der Waals surface area contributed by atoms with E-state index in [0.29, 0.717) is 5.56 Å². The van der Waals surface area contributed by atoms with Crippen molar-refractivity contribution >= 4 is 23.0 Å². The predicted octanol–water partition coefficient (Wildman–Crippen LogP) is 7.45. The van der Waals surface area contributed by atoms with Crippen LogP contribution in [0.2, 0.25) is 5.02 Å². The quantitative estimate of drug-likeness (QED) is 0.353. The third-order valence-electron chi connectivity index (χ3n) is 5.78. The number of hydrazone groups is 1. The summed E-state index contributed by atoms with van der Waals surface area (Å²) >= 11 is 6.13. The maximum atomic E-state index is 15.0. The number of hydrogen-bond donors (Lipinski definition) is 1. The molecule has 3 aromatic carbocycles. The number of benzene rings is 3. The van der Waals surface area contributed by atoms with Crippen LogP contribution in [0.15, 0.2) is 71.8 Å². The third kappa shape index (κ3) is 4.41. The largest absolute Gasteiger partial charge is 0.431 e. The molecule has 0 fully saturated rings. The minimum atomic E-state index is -6.14. The topological polar surface area (TPSA) is 35.8 Å². The highest BCUT2D eigenvalue weighted by Gasteiger charge is 2.74. The van der Waals surface area contributed by atoms with Crippen LogP contribution in [0.25, 0.3) is 11.1 Å². The summed E-state index contributed by atoms with van der Waals surface area (Å²) in [7, 11) is 0. The Bertz CT molecular complexity index is 1290. The summed E-state index contributed by atoms with van der Waals surface area (Å²) in [5.41, 5.74) is -6.59. The molecule has 4 rings (SSSR count). The molecule has 0 saturated carbocycles. The van der Waals surface area contributed by atoms with Gasteiger partial charge in [-0.15, -0.1) is 0 Å². The van der Waals surface area contributed by atoms with E-state index in [4.69, 9.17) is 11.6 Å². The van der Waals surface area contributed by atoms with Crippen molar-refractivity contribution in [3.05, 3.63) is 89.0 Å².